The van der Waals surface area contributed by atoms with Crippen molar-refractivity contribution in [2.75, 3.05) is 39.0 Å². The van der Waals surface area contributed by atoms with E-state index in [1.54, 1.807) is 12.1 Å². The molecule has 1 aromatic carbocycles. The number of nitrogens with one attached hydrogen (secondary N) is 1. The lowest BCUT2D eigenvalue weighted by Crippen LogP contribution is -2.32. The van der Waals surface area contributed by atoms with Crippen LogP contribution in [-0.4, -0.2) is 57.4 Å². The Labute approximate surface area is 126 Å². The molecule has 0 aliphatic carbocycles. The van der Waals surface area contributed by atoms with E-state index in [-0.39, 0.29) is 4.90 Å². The van der Waals surface area contributed by atoms with Gasteiger partial charge >= 0.3 is 0 Å². The maximum Gasteiger partial charge on any atom is 0.175 e. The van der Waals surface area contributed by atoms with Crippen LogP contribution in [0.1, 0.15) is 24.5 Å². The van der Waals surface area contributed by atoms with Crippen molar-refractivity contribution in [2.45, 2.75) is 23.8 Å². The van der Waals surface area contributed by atoms with Gasteiger partial charge in [-0.3, -0.25) is 0 Å². The van der Waals surface area contributed by atoms with E-state index in [2.05, 4.69) is 10.2 Å². The molecule has 1 unspecified atom stereocenters. The second-order valence-electron chi connectivity index (χ2n) is 5.61. The van der Waals surface area contributed by atoms with Crippen LogP contribution in [-0.2, 0) is 9.84 Å². The summed E-state index contributed by atoms with van der Waals surface area (Å²) in [5.74, 6) is 0. The van der Waals surface area contributed by atoms with E-state index in [1.165, 1.54) is 44.3 Å². The topological polar surface area (TPSA) is 69.6 Å². The molecule has 0 spiro atoms. The average Bonchev–Trinajstić information content (AvgIpc) is 2.96. The Morgan fingerprint density at radius 1 is 1.24 bits per heavy atom. The lowest BCUT2D eigenvalue weighted by Gasteiger charge is -2.16. The smallest absolute Gasteiger partial charge is 0.175 e. The van der Waals surface area contributed by atoms with E-state index in [0.717, 1.165) is 18.7 Å². The van der Waals surface area contributed by atoms with Crippen molar-refractivity contribution in [2.24, 2.45) is 0 Å². The fourth-order valence-corrected chi connectivity index (χ4v) is 3.17. The third-order valence-electron chi connectivity index (χ3n) is 3.83. The van der Waals surface area contributed by atoms with Crippen molar-refractivity contribution in [1.82, 2.24) is 10.2 Å². The molecule has 5 nitrogen and oxygen atoms in total. The van der Waals surface area contributed by atoms with Crippen LogP contribution in [0.3, 0.4) is 0 Å². The van der Waals surface area contributed by atoms with E-state index in [1.807, 2.05) is 0 Å². The molecular formula is C15H24N2O3S. The summed E-state index contributed by atoms with van der Waals surface area (Å²) in [6.07, 6.45) is 3.14. The first-order chi connectivity index (χ1) is 9.97. The van der Waals surface area contributed by atoms with Gasteiger partial charge in [-0.15, -0.1) is 0 Å². The van der Waals surface area contributed by atoms with Gasteiger partial charge in [-0.2, -0.15) is 0 Å². The van der Waals surface area contributed by atoms with Crippen LogP contribution in [0.4, 0.5) is 0 Å². The molecule has 1 aromatic rings. The molecule has 1 heterocycles. The normalized spacial score (nSPS) is 18.0. The first-order valence-electron chi connectivity index (χ1n) is 7.38. The number of rotatable bonds is 7. The van der Waals surface area contributed by atoms with Crippen LogP contribution in [0.15, 0.2) is 29.2 Å². The van der Waals surface area contributed by atoms with Gasteiger partial charge in [0.2, 0.25) is 0 Å². The number of sulfone groups is 1. The molecule has 21 heavy (non-hydrogen) atoms. The highest BCUT2D eigenvalue weighted by Gasteiger charge is 2.12. The van der Waals surface area contributed by atoms with Crippen LogP contribution in [0.2, 0.25) is 0 Å². The Hall–Kier alpha value is -0.950. The second-order valence-corrected chi connectivity index (χ2v) is 7.63. The quantitative estimate of drug-likeness (QED) is 0.729. The maximum atomic E-state index is 11.4. The van der Waals surface area contributed by atoms with Gasteiger partial charge in [0.25, 0.3) is 0 Å². The third-order valence-corrected chi connectivity index (χ3v) is 4.96. The van der Waals surface area contributed by atoms with Gasteiger partial charge in [-0.1, -0.05) is 12.1 Å². The molecule has 0 amide bonds. The molecule has 0 aromatic heterocycles. The van der Waals surface area contributed by atoms with Crippen molar-refractivity contribution in [3.05, 3.63) is 29.8 Å². The van der Waals surface area contributed by atoms with Gasteiger partial charge in [0.1, 0.15) is 0 Å². The molecule has 118 valence electrons. The first kappa shape index (κ1) is 16.4. The van der Waals surface area contributed by atoms with Crippen molar-refractivity contribution in [3.8, 4) is 0 Å². The zero-order valence-electron chi connectivity index (χ0n) is 12.5. The molecular weight excluding hydrogens is 288 g/mol. The summed E-state index contributed by atoms with van der Waals surface area (Å²) in [6.45, 7) is 4.71. The van der Waals surface area contributed by atoms with Gasteiger partial charge in [-0.25, -0.2) is 8.42 Å². The molecule has 1 aliphatic rings. The summed E-state index contributed by atoms with van der Waals surface area (Å²) >= 11 is 0. The molecule has 1 aliphatic heterocycles. The largest absolute Gasteiger partial charge is 0.387 e. The Morgan fingerprint density at radius 2 is 1.86 bits per heavy atom. The highest BCUT2D eigenvalue weighted by Crippen LogP contribution is 2.16. The predicted octanol–water partition coefficient (Wildman–Crippen LogP) is 0.809. The van der Waals surface area contributed by atoms with Gasteiger partial charge in [0.15, 0.2) is 9.84 Å². The van der Waals surface area contributed by atoms with Crippen molar-refractivity contribution < 1.29 is 13.5 Å². The standard InChI is InChI=1S/C15H24N2O3S/c1-21(19,20)14-6-4-13(5-7-14)15(18)12-16-8-11-17-9-2-3-10-17/h4-7,15-16,18H,2-3,8-12H2,1H3. The number of aliphatic hydroxyl groups is 1. The number of benzene rings is 1. The van der Waals surface area contributed by atoms with Gasteiger partial charge in [-0.05, 0) is 43.6 Å². The fourth-order valence-electron chi connectivity index (χ4n) is 2.54. The van der Waals surface area contributed by atoms with Crippen LogP contribution in [0.25, 0.3) is 0 Å². The minimum atomic E-state index is -3.18. The summed E-state index contributed by atoms with van der Waals surface area (Å²) in [7, 11) is -3.18. The molecule has 2 N–H and O–H groups in total. The SMILES string of the molecule is CS(=O)(=O)c1ccc(C(O)CNCCN2CCCC2)cc1. The van der Waals surface area contributed by atoms with E-state index in [0.29, 0.717) is 6.54 Å². The summed E-state index contributed by atoms with van der Waals surface area (Å²) in [5, 5.41) is 13.3. The summed E-state index contributed by atoms with van der Waals surface area (Å²) in [5.41, 5.74) is 0.732. The maximum absolute atomic E-state index is 11.4. The molecule has 0 bridgehead atoms. The molecule has 2 rings (SSSR count). The molecule has 1 atom stereocenters. The monoisotopic (exact) mass is 312 g/mol. The molecule has 1 fully saturated rings. The number of hydrogen-bond acceptors (Lipinski definition) is 5. The third kappa shape index (κ3) is 5.07. The number of nitrogens with zero attached hydrogens (tertiary/aromatic N) is 1. The van der Waals surface area contributed by atoms with E-state index >= 15 is 0 Å². The number of hydrogen-bond donors (Lipinski definition) is 2. The Morgan fingerprint density at radius 3 is 2.43 bits per heavy atom. The molecule has 6 heteroatoms. The number of aliphatic hydroxyl groups excluding tert-OH is 1. The highest BCUT2D eigenvalue weighted by atomic mass is 32.2. The molecule has 0 saturated carbocycles. The summed E-state index contributed by atoms with van der Waals surface area (Å²) < 4.78 is 22.7. The molecule has 0 radical (unpaired) electrons. The Kier molecular flexibility index (Phi) is 5.75. The zero-order valence-corrected chi connectivity index (χ0v) is 13.3. The first-order valence-corrected chi connectivity index (χ1v) is 9.27. The molecule has 1 saturated heterocycles. The fraction of sp³-hybridized carbons (Fsp3) is 0.600. The minimum Gasteiger partial charge on any atom is -0.387 e. The van der Waals surface area contributed by atoms with Gasteiger partial charge in [0.05, 0.1) is 11.0 Å². The van der Waals surface area contributed by atoms with E-state index in [4.69, 9.17) is 0 Å². The van der Waals surface area contributed by atoms with Crippen LogP contribution >= 0.6 is 0 Å². The Balaban J connectivity index is 1.76. The predicted molar refractivity (Wildman–Crippen MR) is 83.1 cm³/mol. The van der Waals surface area contributed by atoms with Crippen molar-refractivity contribution >= 4 is 9.84 Å². The second kappa shape index (κ2) is 7.35. The minimum absolute atomic E-state index is 0.278. The van der Waals surface area contributed by atoms with Crippen molar-refractivity contribution in [3.63, 3.8) is 0 Å². The van der Waals surface area contributed by atoms with Crippen LogP contribution in [0.5, 0.6) is 0 Å². The zero-order chi connectivity index (χ0) is 15.3. The average molecular weight is 312 g/mol. The number of likely N-dealkylation sites (tertiary alicyclic amines) is 1. The summed E-state index contributed by atoms with van der Waals surface area (Å²) in [4.78, 5) is 2.70. The lowest BCUT2D eigenvalue weighted by molar-refractivity contribution is 0.173. The van der Waals surface area contributed by atoms with Gasteiger partial charge < -0.3 is 15.3 Å². The highest BCUT2D eigenvalue weighted by molar-refractivity contribution is 7.90. The summed E-state index contributed by atoms with van der Waals surface area (Å²) in [6, 6.07) is 6.42. The van der Waals surface area contributed by atoms with Gasteiger partial charge in [0, 0.05) is 25.9 Å². The van der Waals surface area contributed by atoms with E-state index in [9.17, 15) is 13.5 Å². The van der Waals surface area contributed by atoms with Crippen molar-refractivity contribution in [1.29, 1.82) is 0 Å². The van der Waals surface area contributed by atoms with E-state index < -0.39 is 15.9 Å². The lowest BCUT2D eigenvalue weighted by atomic mass is 10.1. The van der Waals surface area contributed by atoms with Crippen LogP contribution < -0.4 is 5.32 Å². The van der Waals surface area contributed by atoms with Crippen LogP contribution in [0, 0.1) is 0 Å². The Bertz CT molecular complexity index is 537.